The summed E-state index contributed by atoms with van der Waals surface area (Å²) in [6.07, 6.45) is 7.48. The van der Waals surface area contributed by atoms with Gasteiger partial charge in [0.25, 0.3) is 0 Å². The first-order valence-electron chi connectivity index (χ1n) is 8.52. The SMILES string of the molecule is CCCNC1(C(=O)O)CCC(N2CCOC3CCCC32)C1. The first-order valence-corrected chi connectivity index (χ1v) is 8.52. The maximum atomic E-state index is 11.8. The van der Waals surface area contributed by atoms with Crippen LogP contribution in [0.3, 0.4) is 0 Å². The summed E-state index contributed by atoms with van der Waals surface area (Å²) >= 11 is 0. The van der Waals surface area contributed by atoms with E-state index in [0.29, 0.717) is 18.2 Å². The fourth-order valence-corrected chi connectivity index (χ4v) is 4.51. The Morgan fingerprint density at radius 1 is 1.43 bits per heavy atom. The molecule has 4 unspecified atom stereocenters. The number of carboxylic acid groups (broad SMARTS) is 1. The highest BCUT2D eigenvalue weighted by Gasteiger charge is 2.49. The van der Waals surface area contributed by atoms with Crippen LogP contribution >= 0.6 is 0 Å². The molecule has 2 N–H and O–H groups in total. The van der Waals surface area contributed by atoms with Gasteiger partial charge in [0.1, 0.15) is 5.54 Å². The van der Waals surface area contributed by atoms with E-state index in [1.807, 2.05) is 0 Å². The molecule has 0 radical (unpaired) electrons. The summed E-state index contributed by atoms with van der Waals surface area (Å²) in [5.41, 5.74) is -0.701. The number of morpholine rings is 1. The van der Waals surface area contributed by atoms with Crippen molar-refractivity contribution in [3.63, 3.8) is 0 Å². The van der Waals surface area contributed by atoms with Gasteiger partial charge in [0, 0.05) is 18.6 Å². The van der Waals surface area contributed by atoms with Crippen LogP contribution in [-0.2, 0) is 9.53 Å². The van der Waals surface area contributed by atoms with Crippen LogP contribution in [0.5, 0.6) is 0 Å². The van der Waals surface area contributed by atoms with E-state index in [-0.39, 0.29) is 0 Å². The molecule has 3 aliphatic rings. The molecule has 0 aromatic rings. The molecule has 1 aliphatic heterocycles. The quantitative estimate of drug-likeness (QED) is 0.807. The smallest absolute Gasteiger partial charge is 0.323 e. The van der Waals surface area contributed by atoms with Crippen molar-refractivity contribution in [2.45, 2.75) is 75.6 Å². The lowest BCUT2D eigenvalue weighted by molar-refractivity contribution is -0.145. The summed E-state index contributed by atoms with van der Waals surface area (Å²) < 4.78 is 5.88. The van der Waals surface area contributed by atoms with Crippen LogP contribution in [0.2, 0.25) is 0 Å². The lowest BCUT2D eigenvalue weighted by atomic mass is 9.96. The third-order valence-corrected chi connectivity index (χ3v) is 5.61. The minimum atomic E-state index is -0.701. The second-order valence-corrected chi connectivity index (χ2v) is 6.86. The Morgan fingerprint density at radius 2 is 2.29 bits per heavy atom. The van der Waals surface area contributed by atoms with Crippen LogP contribution in [0, 0.1) is 0 Å². The standard InChI is InChI=1S/C16H28N2O3/c1-2-8-17-16(15(19)20)7-6-12(11-16)18-9-10-21-14-5-3-4-13(14)18/h12-14,17H,2-11H2,1H3,(H,19,20). The lowest BCUT2D eigenvalue weighted by Gasteiger charge is -2.42. The highest BCUT2D eigenvalue weighted by atomic mass is 16.5. The van der Waals surface area contributed by atoms with Crippen LogP contribution < -0.4 is 5.32 Å². The second-order valence-electron chi connectivity index (χ2n) is 6.86. The van der Waals surface area contributed by atoms with E-state index in [0.717, 1.165) is 45.4 Å². The van der Waals surface area contributed by atoms with Crippen molar-refractivity contribution in [2.24, 2.45) is 0 Å². The number of ether oxygens (including phenoxy) is 1. The number of fused-ring (bicyclic) bond motifs is 1. The van der Waals surface area contributed by atoms with Crippen LogP contribution in [0.4, 0.5) is 0 Å². The summed E-state index contributed by atoms with van der Waals surface area (Å²) in [6, 6.07) is 0.930. The van der Waals surface area contributed by atoms with Gasteiger partial charge in [0.15, 0.2) is 0 Å². The number of aliphatic carboxylic acids is 1. The Hall–Kier alpha value is -0.650. The minimum absolute atomic E-state index is 0.391. The van der Waals surface area contributed by atoms with Gasteiger partial charge < -0.3 is 15.2 Å². The van der Waals surface area contributed by atoms with Gasteiger partial charge in [-0.1, -0.05) is 6.92 Å². The highest BCUT2D eigenvalue weighted by molar-refractivity contribution is 5.79. The summed E-state index contributed by atoms with van der Waals surface area (Å²) in [6.45, 7) is 4.64. The molecule has 3 fully saturated rings. The molecule has 0 amide bonds. The predicted molar refractivity (Wildman–Crippen MR) is 80.4 cm³/mol. The number of carboxylic acids is 1. The molecule has 5 heteroatoms. The van der Waals surface area contributed by atoms with Crippen molar-refractivity contribution in [3.05, 3.63) is 0 Å². The fraction of sp³-hybridized carbons (Fsp3) is 0.938. The zero-order valence-electron chi connectivity index (χ0n) is 13.0. The van der Waals surface area contributed by atoms with E-state index in [1.54, 1.807) is 0 Å². The highest BCUT2D eigenvalue weighted by Crippen LogP contribution is 2.39. The third kappa shape index (κ3) is 2.83. The first kappa shape index (κ1) is 15.3. The topological polar surface area (TPSA) is 61.8 Å². The summed E-state index contributed by atoms with van der Waals surface area (Å²) in [5, 5.41) is 13.0. The number of nitrogens with zero attached hydrogens (tertiary/aromatic N) is 1. The molecule has 21 heavy (non-hydrogen) atoms. The van der Waals surface area contributed by atoms with Crippen molar-refractivity contribution in [1.82, 2.24) is 10.2 Å². The monoisotopic (exact) mass is 296 g/mol. The molecule has 3 rings (SSSR count). The van der Waals surface area contributed by atoms with Crippen molar-refractivity contribution in [1.29, 1.82) is 0 Å². The number of nitrogens with one attached hydrogen (secondary N) is 1. The van der Waals surface area contributed by atoms with Crippen molar-refractivity contribution in [2.75, 3.05) is 19.7 Å². The number of hydrogen-bond acceptors (Lipinski definition) is 4. The first-order chi connectivity index (χ1) is 10.2. The normalized spacial score (nSPS) is 40.3. The lowest BCUT2D eigenvalue weighted by Crippen LogP contribution is -2.55. The van der Waals surface area contributed by atoms with Gasteiger partial charge in [-0.25, -0.2) is 0 Å². The largest absolute Gasteiger partial charge is 0.480 e. The predicted octanol–water partition coefficient (Wildman–Crippen LogP) is 1.62. The van der Waals surface area contributed by atoms with Gasteiger partial charge in [0.2, 0.25) is 0 Å². The zero-order valence-corrected chi connectivity index (χ0v) is 13.0. The van der Waals surface area contributed by atoms with Gasteiger partial charge in [-0.2, -0.15) is 0 Å². The van der Waals surface area contributed by atoms with Crippen LogP contribution in [0.25, 0.3) is 0 Å². The summed E-state index contributed by atoms with van der Waals surface area (Å²) in [7, 11) is 0. The molecule has 1 saturated heterocycles. The molecule has 4 atom stereocenters. The number of hydrogen-bond donors (Lipinski definition) is 2. The van der Waals surface area contributed by atoms with Gasteiger partial charge >= 0.3 is 5.97 Å². The Balaban J connectivity index is 1.68. The number of carbonyl (C=O) groups is 1. The van der Waals surface area contributed by atoms with E-state index < -0.39 is 11.5 Å². The van der Waals surface area contributed by atoms with E-state index in [9.17, 15) is 9.90 Å². The average Bonchev–Trinajstić information content (AvgIpc) is 3.12. The van der Waals surface area contributed by atoms with Crippen molar-refractivity contribution >= 4 is 5.97 Å². The van der Waals surface area contributed by atoms with Crippen LogP contribution in [0.15, 0.2) is 0 Å². The molecule has 0 aromatic heterocycles. The van der Waals surface area contributed by atoms with Gasteiger partial charge in [0.05, 0.1) is 12.7 Å². The van der Waals surface area contributed by atoms with Crippen LogP contribution in [0.1, 0.15) is 51.9 Å². The van der Waals surface area contributed by atoms with E-state index >= 15 is 0 Å². The van der Waals surface area contributed by atoms with Gasteiger partial charge in [-0.3, -0.25) is 9.69 Å². The fourth-order valence-electron chi connectivity index (χ4n) is 4.51. The molecule has 0 aromatic carbocycles. The molecular formula is C16H28N2O3. The molecule has 120 valence electrons. The van der Waals surface area contributed by atoms with E-state index in [2.05, 4.69) is 17.1 Å². The Bertz CT molecular complexity index is 390. The molecular weight excluding hydrogens is 268 g/mol. The third-order valence-electron chi connectivity index (χ3n) is 5.61. The van der Waals surface area contributed by atoms with Gasteiger partial charge in [-0.05, 0) is 51.5 Å². The Labute approximate surface area is 127 Å². The molecule has 5 nitrogen and oxygen atoms in total. The van der Waals surface area contributed by atoms with Crippen molar-refractivity contribution < 1.29 is 14.6 Å². The zero-order chi connectivity index (χ0) is 14.9. The second kappa shape index (κ2) is 6.23. The molecule has 2 aliphatic carbocycles. The van der Waals surface area contributed by atoms with E-state index in [1.165, 1.54) is 19.3 Å². The van der Waals surface area contributed by atoms with Crippen molar-refractivity contribution in [3.8, 4) is 0 Å². The molecule has 2 saturated carbocycles. The molecule has 0 spiro atoms. The molecule has 1 heterocycles. The Kier molecular flexibility index (Phi) is 4.52. The number of rotatable bonds is 5. The maximum absolute atomic E-state index is 11.8. The minimum Gasteiger partial charge on any atom is -0.480 e. The summed E-state index contributed by atoms with van der Waals surface area (Å²) in [5.74, 6) is -0.672. The Morgan fingerprint density at radius 3 is 3.05 bits per heavy atom. The van der Waals surface area contributed by atoms with E-state index in [4.69, 9.17) is 4.74 Å². The molecule has 0 bridgehead atoms. The summed E-state index contributed by atoms with van der Waals surface area (Å²) in [4.78, 5) is 14.3. The maximum Gasteiger partial charge on any atom is 0.323 e. The van der Waals surface area contributed by atoms with Gasteiger partial charge in [-0.15, -0.1) is 0 Å². The average molecular weight is 296 g/mol. The van der Waals surface area contributed by atoms with Crippen LogP contribution in [-0.4, -0.2) is 59.4 Å².